The lowest BCUT2D eigenvalue weighted by Crippen LogP contribution is -2.33. The largest absolute Gasteiger partial charge is 0.398 e. The molecule has 0 radical (unpaired) electrons. The van der Waals surface area contributed by atoms with E-state index in [0.29, 0.717) is 0 Å². The molecule has 1 heterocycles. The van der Waals surface area contributed by atoms with Gasteiger partial charge < -0.3 is 11.5 Å². The summed E-state index contributed by atoms with van der Waals surface area (Å²) in [6.07, 6.45) is 1.90. The fraction of sp³-hybridized carbons (Fsp3) is 0.364. The summed E-state index contributed by atoms with van der Waals surface area (Å²) in [5.41, 5.74) is 14.5. The molecule has 0 bridgehead atoms. The Morgan fingerprint density at radius 1 is 1.36 bits per heavy atom. The predicted molar refractivity (Wildman–Crippen MR) is 59.7 cm³/mol. The Bertz CT molecular complexity index is 394. The van der Waals surface area contributed by atoms with E-state index in [1.165, 1.54) is 0 Å². The minimum absolute atomic E-state index is 0.0730. The van der Waals surface area contributed by atoms with Crippen LogP contribution in [0.3, 0.4) is 0 Å². The molecule has 1 atom stereocenters. The van der Waals surface area contributed by atoms with E-state index in [1.54, 1.807) is 0 Å². The number of rotatable bonds is 0. The van der Waals surface area contributed by atoms with E-state index in [-0.39, 0.29) is 11.5 Å². The molecule has 0 saturated carbocycles. The van der Waals surface area contributed by atoms with Gasteiger partial charge in [-0.3, -0.25) is 4.99 Å². The zero-order valence-electron chi connectivity index (χ0n) is 8.49. The molecule has 0 aliphatic carbocycles. The van der Waals surface area contributed by atoms with E-state index in [0.717, 1.165) is 16.9 Å². The van der Waals surface area contributed by atoms with Gasteiger partial charge in [-0.1, -0.05) is 19.9 Å². The molecule has 3 nitrogen and oxygen atoms in total. The van der Waals surface area contributed by atoms with Crippen molar-refractivity contribution in [2.45, 2.75) is 19.9 Å². The van der Waals surface area contributed by atoms with Crippen LogP contribution in [0.15, 0.2) is 23.2 Å². The topological polar surface area (TPSA) is 64.4 Å². The second kappa shape index (κ2) is 2.82. The molecule has 0 saturated heterocycles. The smallest absolute Gasteiger partial charge is 0.0694 e. The van der Waals surface area contributed by atoms with E-state index in [4.69, 9.17) is 11.5 Å². The lowest BCUT2D eigenvalue weighted by atomic mass is 9.79. The molecule has 1 unspecified atom stereocenters. The fourth-order valence-electron chi connectivity index (χ4n) is 1.71. The van der Waals surface area contributed by atoms with E-state index in [1.807, 2.05) is 24.4 Å². The van der Waals surface area contributed by atoms with Crippen LogP contribution in [0.4, 0.5) is 11.4 Å². The summed E-state index contributed by atoms with van der Waals surface area (Å²) in [5, 5.41) is 0. The second-order valence-corrected chi connectivity index (χ2v) is 4.34. The van der Waals surface area contributed by atoms with E-state index >= 15 is 0 Å². The van der Waals surface area contributed by atoms with Crippen molar-refractivity contribution < 1.29 is 0 Å². The number of aliphatic imine (C=N–C) groups is 1. The average Bonchev–Trinajstić information content (AvgIpc) is 2.12. The number of hydrogen-bond donors (Lipinski definition) is 2. The first kappa shape index (κ1) is 9.21. The molecule has 1 aromatic rings. The highest BCUT2D eigenvalue weighted by molar-refractivity contribution is 5.78. The van der Waals surface area contributed by atoms with Gasteiger partial charge in [0.1, 0.15) is 0 Å². The average molecular weight is 189 g/mol. The third-order valence-corrected chi connectivity index (χ3v) is 2.77. The molecule has 74 valence electrons. The van der Waals surface area contributed by atoms with Crippen LogP contribution < -0.4 is 11.5 Å². The molecule has 3 heteroatoms. The van der Waals surface area contributed by atoms with Crippen molar-refractivity contribution in [1.29, 1.82) is 0 Å². The van der Waals surface area contributed by atoms with Gasteiger partial charge in [-0.15, -0.1) is 0 Å². The Morgan fingerprint density at radius 2 is 2.07 bits per heavy atom. The summed E-state index contributed by atoms with van der Waals surface area (Å²) in [6.45, 7) is 4.13. The molecule has 0 spiro atoms. The molecular weight excluding hydrogens is 174 g/mol. The molecule has 14 heavy (non-hydrogen) atoms. The Morgan fingerprint density at radius 3 is 2.79 bits per heavy atom. The predicted octanol–water partition coefficient (Wildman–Crippen LogP) is 2.01. The number of fused-ring (bicyclic) bond motifs is 1. The Balaban J connectivity index is 2.63. The maximum Gasteiger partial charge on any atom is 0.0694 e. The van der Waals surface area contributed by atoms with Crippen LogP contribution in [-0.2, 0) is 0 Å². The van der Waals surface area contributed by atoms with Crippen LogP contribution >= 0.6 is 0 Å². The summed E-state index contributed by atoms with van der Waals surface area (Å²) in [6, 6.07) is 5.64. The molecule has 1 aliphatic heterocycles. The first-order chi connectivity index (χ1) is 6.52. The van der Waals surface area contributed by atoms with Gasteiger partial charge in [0.25, 0.3) is 0 Å². The highest BCUT2D eigenvalue weighted by atomic mass is 14.8. The van der Waals surface area contributed by atoms with Crippen LogP contribution in [0.25, 0.3) is 0 Å². The van der Waals surface area contributed by atoms with Crippen molar-refractivity contribution >= 4 is 17.6 Å². The first-order valence-electron chi connectivity index (χ1n) is 4.71. The number of nitrogens with zero attached hydrogens (tertiary/aromatic N) is 1. The van der Waals surface area contributed by atoms with E-state index < -0.39 is 0 Å². The van der Waals surface area contributed by atoms with E-state index in [9.17, 15) is 0 Å². The van der Waals surface area contributed by atoms with Crippen molar-refractivity contribution in [1.82, 2.24) is 0 Å². The van der Waals surface area contributed by atoms with Crippen LogP contribution in [0.2, 0.25) is 0 Å². The standard InChI is InChI=1S/C11H15N3/c1-11(2)6-14-8-5-3-4-7(12)9(8)10(11)13/h3-6,10H,12-13H2,1-2H3. The molecule has 4 N–H and O–H groups in total. The SMILES string of the molecule is CC1(C)C=Nc2cccc(N)c2C1N. The van der Waals surface area contributed by atoms with Gasteiger partial charge in [-0.05, 0) is 12.1 Å². The van der Waals surface area contributed by atoms with Gasteiger partial charge >= 0.3 is 0 Å². The van der Waals surface area contributed by atoms with Crippen LogP contribution in [-0.4, -0.2) is 6.21 Å². The van der Waals surface area contributed by atoms with Gasteiger partial charge in [-0.2, -0.15) is 0 Å². The fourth-order valence-corrected chi connectivity index (χ4v) is 1.71. The number of benzene rings is 1. The maximum atomic E-state index is 6.15. The van der Waals surface area contributed by atoms with E-state index in [2.05, 4.69) is 18.8 Å². The van der Waals surface area contributed by atoms with Crippen molar-refractivity contribution in [2.24, 2.45) is 16.1 Å². The third kappa shape index (κ3) is 1.21. The molecule has 1 aliphatic rings. The Labute approximate surface area is 83.8 Å². The lowest BCUT2D eigenvalue weighted by Gasteiger charge is -2.32. The first-order valence-corrected chi connectivity index (χ1v) is 4.71. The van der Waals surface area contributed by atoms with Gasteiger partial charge in [0.2, 0.25) is 0 Å². The molecular formula is C11H15N3. The molecule has 1 aromatic carbocycles. The normalized spacial score (nSPS) is 23.2. The van der Waals surface area contributed by atoms with Gasteiger partial charge in [0, 0.05) is 28.9 Å². The molecule has 0 aromatic heterocycles. The summed E-state index contributed by atoms with van der Waals surface area (Å²) < 4.78 is 0. The number of anilines is 1. The van der Waals surface area contributed by atoms with Gasteiger partial charge in [0.05, 0.1) is 5.69 Å². The van der Waals surface area contributed by atoms with Crippen LogP contribution in [0.1, 0.15) is 25.5 Å². The van der Waals surface area contributed by atoms with Crippen molar-refractivity contribution in [3.05, 3.63) is 23.8 Å². The van der Waals surface area contributed by atoms with Crippen LogP contribution in [0, 0.1) is 5.41 Å². The van der Waals surface area contributed by atoms with Crippen molar-refractivity contribution in [3.63, 3.8) is 0 Å². The molecule has 0 amide bonds. The number of nitrogens with two attached hydrogens (primary N) is 2. The summed E-state index contributed by atoms with van der Waals surface area (Å²) >= 11 is 0. The Kier molecular flexibility index (Phi) is 1.86. The number of nitrogen functional groups attached to an aromatic ring is 1. The quantitative estimate of drug-likeness (QED) is 0.613. The Hall–Kier alpha value is -1.35. The van der Waals surface area contributed by atoms with Crippen molar-refractivity contribution in [2.75, 3.05) is 5.73 Å². The van der Waals surface area contributed by atoms with Crippen LogP contribution in [0.5, 0.6) is 0 Å². The highest BCUT2D eigenvalue weighted by Gasteiger charge is 2.32. The highest BCUT2D eigenvalue weighted by Crippen LogP contribution is 2.41. The third-order valence-electron chi connectivity index (χ3n) is 2.77. The minimum atomic E-state index is -0.123. The zero-order chi connectivity index (χ0) is 10.3. The molecule has 2 rings (SSSR count). The second-order valence-electron chi connectivity index (χ2n) is 4.34. The number of hydrogen-bond acceptors (Lipinski definition) is 3. The zero-order valence-corrected chi connectivity index (χ0v) is 8.49. The van der Waals surface area contributed by atoms with Crippen molar-refractivity contribution in [3.8, 4) is 0 Å². The van der Waals surface area contributed by atoms with Gasteiger partial charge in [0.15, 0.2) is 0 Å². The lowest BCUT2D eigenvalue weighted by molar-refractivity contribution is 0.421. The summed E-state index contributed by atoms with van der Waals surface area (Å²) in [5.74, 6) is 0. The minimum Gasteiger partial charge on any atom is -0.398 e. The monoisotopic (exact) mass is 189 g/mol. The molecule has 0 fully saturated rings. The summed E-state index contributed by atoms with van der Waals surface area (Å²) in [7, 11) is 0. The van der Waals surface area contributed by atoms with Gasteiger partial charge in [-0.25, -0.2) is 0 Å². The summed E-state index contributed by atoms with van der Waals surface area (Å²) in [4.78, 5) is 4.37. The maximum absolute atomic E-state index is 6.15.